The summed E-state index contributed by atoms with van der Waals surface area (Å²) in [5.74, 6) is 0.183. The molecule has 2 N–H and O–H groups in total. The minimum atomic E-state index is -1.07. The minimum Gasteiger partial charge on any atom is -0.493 e. The summed E-state index contributed by atoms with van der Waals surface area (Å²) in [6.07, 6.45) is 0. The molecule has 0 aliphatic carbocycles. The predicted octanol–water partition coefficient (Wildman–Crippen LogP) is 3.76. The highest BCUT2D eigenvalue weighted by Gasteiger charge is 2.10. The van der Waals surface area contributed by atoms with E-state index in [2.05, 4.69) is 5.32 Å². The number of fused-ring (bicyclic) bond motifs is 1. The molecule has 0 fully saturated rings. The lowest BCUT2D eigenvalue weighted by molar-refractivity contribution is 0.0665. The van der Waals surface area contributed by atoms with E-state index < -0.39 is 5.97 Å². The van der Waals surface area contributed by atoms with E-state index in [0.29, 0.717) is 23.6 Å². The van der Waals surface area contributed by atoms with Gasteiger partial charge in [0.1, 0.15) is 5.58 Å². The quantitative estimate of drug-likeness (QED) is 0.717. The van der Waals surface area contributed by atoms with E-state index in [4.69, 9.17) is 19.0 Å². The zero-order valence-corrected chi connectivity index (χ0v) is 13.3. The smallest absolute Gasteiger partial charge is 0.371 e. The van der Waals surface area contributed by atoms with Crippen LogP contribution in [0.25, 0.3) is 11.0 Å². The van der Waals surface area contributed by atoms with Crippen molar-refractivity contribution in [3.8, 4) is 11.5 Å². The van der Waals surface area contributed by atoms with Crippen LogP contribution in [0.1, 0.15) is 16.1 Å². The number of carboxylic acids is 1. The van der Waals surface area contributed by atoms with Crippen molar-refractivity contribution >= 4 is 22.6 Å². The molecule has 3 rings (SSSR count). The van der Waals surface area contributed by atoms with Gasteiger partial charge in [0.2, 0.25) is 5.76 Å². The highest BCUT2D eigenvalue weighted by Crippen LogP contribution is 2.30. The molecule has 0 radical (unpaired) electrons. The van der Waals surface area contributed by atoms with Gasteiger partial charge in [0.15, 0.2) is 11.5 Å². The van der Waals surface area contributed by atoms with Gasteiger partial charge in [0, 0.05) is 23.7 Å². The maximum Gasteiger partial charge on any atom is 0.371 e. The molecule has 1 aromatic heterocycles. The van der Waals surface area contributed by atoms with Gasteiger partial charge in [-0.15, -0.1) is 0 Å². The number of furan rings is 1. The lowest BCUT2D eigenvalue weighted by atomic mass is 10.1. The van der Waals surface area contributed by atoms with Crippen molar-refractivity contribution in [2.24, 2.45) is 0 Å². The molecule has 24 heavy (non-hydrogen) atoms. The fraction of sp³-hybridized carbons (Fsp3) is 0.167. The van der Waals surface area contributed by atoms with Crippen molar-refractivity contribution < 1.29 is 23.8 Å². The molecule has 1 heterocycles. The summed E-state index contributed by atoms with van der Waals surface area (Å²) < 4.78 is 15.8. The fourth-order valence-electron chi connectivity index (χ4n) is 2.44. The third-order valence-electron chi connectivity index (χ3n) is 3.68. The number of anilines is 1. The van der Waals surface area contributed by atoms with E-state index in [9.17, 15) is 4.79 Å². The number of benzene rings is 2. The van der Waals surface area contributed by atoms with Crippen molar-refractivity contribution in [1.82, 2.24) is 0 Å². The predicted molar refractivity (Wildman–Crippen MR) is 90.0 cm³/mol. The van der Waals surface area contributed by atoms with E-state index >= 15 is 0 Å². The van der Waals surface area contributed by atoms with E-state index in [1.165, 1.54) is 6.07 Å². The van der Waals surface area contributed by atoms with Crippen molar-refractivity contribution in [2.75, 3.05) is 19.5 Å². The minimum absolute atomic E-state index is 0.0602. The normalized spacial score (nSPS) is 10.6. The third-order valence-corrected chi connectivity index (χ3v) is 3.68. The summed E-state index contributed by atoms with van der Waals surface area (Å²) in [5.41, 5.74) is 2.42. The molecule has 0 aliphatic rings. The van der Waals surface area contributed by atoms with Gasteiger partial charge in [-0.1, -0.05) is 12.1 Å². The highest BCUT2D eigenvalue weighted by molar-refractivity contribution is 5.91. The molecule has 124 valence electrons. The topological polar surface area (TPSA) is 80.9 Å². The maximum atomic E-state index is 11.0. The Kier molecular flexibility index (Phi) is 4.29. The molecule has 0 unspecified atom stereocenters. The van der Waals surface area contributed by atoms with Crippen molar-refractivity contribution in [1.29, 1.82) is 0 Å². The second-order valence-corrected chi connectivity index (χ2v) is 5.21. The number of carbonyl (C=O) groups is 1. The summed E-state index contributed by atoms with van der Waals surface area (Å²) in [7, 11) is 3.18. The molecular weight excluding hydrogens is 310 g/mol. The van der Waals surface area contributed by atoms with Gasteiger partial charge < -0.3 is 24.3 Å². The van der Waals surface area contributed by atoms with E-state index in [-0.39, 0.29) is 5.76 Å². The number of ether oxygens (including phenoxy) is 2. The molecule has 0 atom stereocenters. The number of hydrogen-bond donors (Lipinski definition) is 2. The first kappa shape index (κ1) is 15.7. The Morgan fingerprint density at radius 2 is 1.88 bits per heavy atom. The largest absolute Gasteiger partial charge is 0.493 e. The molecule has 0 aliphatic heterocycles. The van der Waals surface area contributed by atoms with E-state index in [0.717, 1.165) is 16.6 Å². The van der Waals surface area contributed by atoms with E-state index in [1.54, 1.807) is 14.2 Å². The Morgan fingerprint density at radius 3 is 2.58 bits per heavy atom. The van der Waals surface area contributed by atoms with Gasteiger partial charge in [-0.3, -0.25) is 0 Å². The van der Waals surface area contributed by atoms with Crippen LogP contribution in [0.2, 0.25) is 0 Å². The molecule has 0 saturated heterocycles. The van der Waals surface area contributed by atoms with Crippen molar-refractivity contribution in [3.05, 3.63) is 53.8 Å². The van der Waals surface area contributed by atoms with Crippen LogP contribution >= 0.6 is 0 Å². The third kappa shape index (κ3) is 3.12. The Bertz CT molecular complexity index is 884. The zero-order chi connectivity index (χ0) is 17.1. The lowest BCUT2D eigenvalue weighted by Gasteiger charge is -2.11. The second-order valence-electron chi connectivity index (χ2n) is 5.21. The number of methoxy groups -OCH3 is 2. The molecule has 6 heteroatoms. The van der Waals surface area contributed by atoms with Crippen LogP contribution in [-0.2, 0) is 6.54 Å². The lowest BCUT2D eigenvalue weighted by Crippen LogP contribution is -2.00. The molecule has 0 spiro atoms. The first-order valence-electron chi connectivity index (χ1n) is 7.32. The highest BCUT2D eigenvalue weighted by atomic mass is 16.5. The first-order valence-corrected chi connectivity index (χ1v) is 7.32. The summed E-state index contributed by atoms with van der Waals surface area (Å²) in [6, 6.07) is 12.7. The van der Waals surface area contributed by atoms with Crippen molar-refractivity contribution in [2.45, 2.75) is 6.54 Å². The monoisotopic (exact) mass is 327 g/mol. The summed E-state index contributed by atoms with van der Waals surface area (Å²) in [5, 5.41) is 13.0. The summed E-state index contributed by atoms with van der Waals surface area (Å²) >= 11 is 0. The average Bonchev–Trinajstić information content (AvgIpc) is 3.03. The molecular formula is C18H17NO5. The van der Waals surface area contributed by atoms with Crippen LogP contribution in [0.15, 0.2) is 46.9 Å². The van der Waals surface area contributed by atoms with Gasteiger partial charge in [-0.2, -0.15) is 0 Å². The number of hydrogen-bond acceptors (Lipinski definition) is 5. The first-order chi connectivity index (χ1) is 11.6. The fourth-order valence-corrected chi connectivity index (χ4v) is 2.44. The summed E-state index contributed by atoms with van der Waals surface area (Å²) in [6.45, 7) is 0.564. The Hall–Kier alpha value is -3.15. The van der Waals surface area contributed by atoms with Crippen molar-refractivity contribution in [3.63, 3.8) is 0 Å². The molecule has 6 nitrogen and oxygen atoms in total. The average molecular weight is 327 g/mol. The molecule has 0 saturated carbocycles. The standard InChI is InChI=1S/C18H17NO5/c1-22-14-6-5-13(9-16(14)23-2)19-10-11-3-4-12-8-17(18(20)21)24-15(12)7-11/h3-9,19H,10H2,1-2H3,(H,20,21). The van der Waals surface area contributed by atoms with Crippen LogP contribution in [-0.4, -0.2) is 25.3 Å². The number of aromatic carboxylic acids is 1. The number of nitrogens with one attached hydrogen (secondary N) is 1. The van der Waals surface area contributed by atoms with Crippen LogP contribution in [0.5, 0.6) is 11.5 Å². The van der Waals surface area contributed by atoms with Crippen LogP contribution in [0, 0.1) is 0 Å². The van der Waals surface area contributed by atoms with E-state index in [1.807, 2.05) is 36.4 Å². The molecule has 2 aromatic carbocycles. The van der Waals surface area contributed by atoms with Gasteiger partial charge in [0.25, 0.3) is 0 Å². The SMILES string of the molecule is COc1ccc(NCc2ccc3cc(C(=O)O)oc3c2)cc1OC. The zero-order valence-electron chi connectivity index (χ0n) is 13.3. The van der Waals surface area contributed by atoms with Crippen LogP contribution in [0.3, 0.4) is 0 Å². The van der Waals surface area contributed by atoms with Gasteiger partial charge in [-0.25, -0.2) is 4.79 Å². The maximum absolute atomic E-state index is 11.0. The van der Waals surface area contributed by atoms with Gasteiger partial charge >= 0.3 is 5.97 Å². The molecule has 0 amide bonds. The second kappa shape index (κ2) is 6.54. The Morgan fingerprint density at radius 1 is 1.08 bits per heavy atom. The number of rotatable bonds is 6. The summed E-state index contributed by atoms with van der Waals surface area (Å²) in [4.78, 5) is 11.0. The van der Waals surface area contributed by atoms with Gasteiger partial charge in [0.05, 0.1) is 14.2 Å². The number of carboxylic acid groups (broad SMARTS) is 1. The molecule has 0 bridgehead atoms. The Labute approximate surface area is 138 Å². The molecule has 3 aromatic rings. The van der Waals surface area contributed by atoms with Crippen LogP contribution < -0.4 is 14.8 Å². The van der Waals surface area contributed by atoms with Gasteiger partial charge in [-0.05, 0) is 29.8 Å². The Balaban J connectivity index is 1.76. The van der Waals surface area contributed by atoms with Crippen LogP contribution in [0.4, 0.5) is 5.69 Å².